The van der Waals surface area contributed by atoms with Gasteiger partial charge in [0.15, 0.2) is 11.6 Å². The van der Waals surface area contributed by atoms with Crippen molar-refractivity contribution in [3.05, 3.63) is 84.2 Å². The maximum Gasteiger partial charge on any atom is 0.249 e. The van der Waals surface area contributed by atoms with Gasteiger partial charge in [0, 0.05) is 18.9 Å². The van der Waals surface area contributed by atoms with Gasteiger partial charge in [0.05, 0.1) is 11.6 Å². The van der Waals surface area contributed by atoms with Gasteiger partial charge in [-0.05, 0) is 30.7 Å². The maximum absolute atomic E-state index is 12.0. The molecule has 0 spiro atoms. The average molecular weight is 386 g/mol. The lowest BCUT2D eigenvalue weighted by molar-refractivity contribution is -0.117. The van der Waals surface area contributed by atoms with E-state index in [-0.39, 0.29) is 11.9 Å². The summed E-state index contributed by atoms with van der Waals surface area (Å²) in [6.07, 6.45) is 3.95. The van der Waals surface area contributed by atoms with Crippen LogP contribution in [-0.4, -0.2) is 35.0 Å². The van der Waals surface area contributed by atoms with E-state index in [4.69, 9.17) is 5.26 Å². The highest BCUT2D eigenvalue weighted by atomic mass is 16.2. The Morgan fingerprint density at radius 2 is 1.59 bits per heavy atom. The zero-order valence-corrected chi connectivity index (χ0v) is 15.9. The van der Waals surface area contributed by atoms with Crippen LogP contribution in [0.4, 0.5) is 11.6 Å². The number of aromatic nitrogens is 2. The number of rotatable bonds is 5. The second-order valence-electron chi connectivity index (χ2n) is 6.36. The summed E-state index contributed by atoms with van der Waals surface area (Å²) in [4.78, 5) is 20.2. The number of anilines is 2. The van der Waals surface area contributed by atoms with Gasteiger partial charge in [0.1, 0.15) is 6.04 Å². The number of benzene rings is 2. The monoisotopic (exact) mass is 386 g/mol. The number of hydrogen-bond donors (Lipinski definition) is 3. The molecule has 146 valence electrons. The average Bonchev–Trinajstić information content (AvgIpc) is 2.79. The van der Waals surface area contributed by atoms with Crippen LogP contribution in [0.15, 0.2) is 73.1 Å². The molecule has 0 radical (unpaired) electrons. The standard InChI is InChI=1S/C16H16N6O.C6H6/c17-9-12-3-1-11(2-4-12)5-6-18-10-13-16(23)22-15-14(21-13)19-7-8-20-15;1-2-4-6-5-3-1/h1-4,7-8,13,18H,5-6,10H2,(H,19,21)(H,20,22,23);1-6H. The first-order valence-electron chi connectivity index (χ1n) is 9.34. The molecule has 29 heavy (non-hydrogen) atoms. The fourth-order valence-electron chi connectivity index (χ4n) is 2.72. The molecule has 1 aromatic heterocycles. The lowest BCUT2D eigenvalue weighted by Crippen LogP contribution is -2.46. The van der Waals surface area contributed by atoms with Crippen LogP contribution in [-0.2, 0) is 11.2 Å². The fourth-order valence-corrected chi connectivity index (χ4v) is 2.72. The van der Waals surface area contributed by atoms with Gasteiger partial charge in [-0.15, -0.1) is 0 Å². The molecular weight excluding hydrogens is 364 g/mol. The van der Waals surface area contributed by atoms with Crippen molar-refractivity contribution >= 4 is 17.5 Å². The number of nitrogens with zero attached hydrogens (tertiary/aromatic N) is 3. The summed E-state index contributed by atoms with van der Waals surface area (Å²) < 4.78 is 0. The first-order valence-corrected chi connectivity index (χ1v) is 9.34. The summed E-state index contributed by atoms with van der Waals surface area (Å²) in [5.41, 5.74) is 1.80. The third-order valence-electron chi connectivity index (χ3n) is 4.26. The topological polar surface area (TPSA) is 103 Å². The van der Waals surface area contributed by atoms with E-state index in [1.54, 1.807) is 18.3 Å². The van der Waals surface area contributed by atoms with Crippen LogP contribution in [0, 0.1) is 11.3 Å². The zero-order valence-electron chi connectivity index (χ0n) is 15.9. The summed E-state index contributed by atoms with van der Waals surface area (Å²) in [5, 5.41) is 17.8. The number of nitrogens with one attached hydrogen (secondary N) is 3. The third kappa shape index (κ3) is 6.13. The summed E-state index contributed by atoms with van der Waals surface area (Å²) >= 11 is 0. The van der Waals surface area contributed by atoms with Crippen LogP contribution in [0.25, 0.3) is 0 Å². The molecule has 0 bridgehead atoms. The summed E-state index contributed by atoms with van der Waals surface area (Å²) in [6.45, 7) is 1.24. The smallest absolute Gasteiger partial charge is 0.249 e. The number of carbonyl (C=O) groups is 1. The highest BCUT2D eigenvalue weighted by Gasteiger charge is 2.26. The van der Waals surface area contributed by atoms with E-state index >= 15 is 0 Å². The van der Waals surface area contributed by atoms with E-state index in [0.29, 0.717) is 23.7 Å². The normalized spacial score (nSPS) is 14.3. The van der Waals surface area contributed by atoms with Crippen molar-refractivity contribution in [1.82, 2.24) is 15.3 Å². The molecule has 0 saturated carbocycles. The lowest BCUT2D eigenvalue weighted by Gasteiger charge is -2.25. The predicted octanol–water partition coefficient (Wildman–Crippen LogP) is 2.60. The molecule has 2 heterocycles. The molecule has 7 heteroatoms. The van der Waals surface area contributed by atoms with Crippen LogP contribution in [0.3, 0.4) is 0 Å². The minimum Gasteiger partial charge on any atom is -0.354 e. The molecule has 1 aliphatic rings. The molecule has 1 amide bonds. The Bertz CT molecular complexity index is 926. The minimum atomic E-state index is -0.375. The van der Waals surface area contributed by atoms with Crippen molar-refractivity contribution in [2.24, 2.45) is 0 Å². The van der Waals surface area contributed by atoms with Crippen LogP contribution in [0.1, 0.15) is 11.1 Å². The van der Waals surface area contributed by atoms with Gasteiger partial charge in [-0.2, -0.15) is 5.26 Å². The molecule has 7 nitrogen and oxygen atoms in total. The Hall–Kier alpha value is -3.76. The molecule has 1 atom stereocenters. The Morgan fingerprint density at radius 1 is 0.966 bits per heavy atom. The van der Waals surface area contributed by atoms with E-state index in [0.717, 1.165) is 18.5 Å². The molecule has 3 N–H and O–H groups in total. The molecule has 0 fully saturated rings. The molecule has 0 aliphatic carbocycles. The number of amides is 1. The zero-order chi connectivity index (χ0) is 20.3. The van der Waals surface area contributed by atoms with Gasteiger partial charge < -0.3 is 16.0 Å². The van der Waals surface area contributed by atoms with Crippen molar-refractivity contribution in [1.29, 1.82) is 5.26 Å². The third-order valence-corrected chi connectivity index (χ3v) is 4.26. The van der Waals surface area contributed by atoms with Crippen LogP contribution >= 0.6 is 0 Å². The van der Waals surface area contributed by atoms with Gasteiger partial charge >= 0.3 is 0 Å². The van der Waals surface area contributed by atoms with E-state index < -0.39 is 0 Å². The van der Waals surface area contributed by atoms with E-state index in [1.165, 1.54) is 6.20 Å². The molecule has 2 aromatic carbocycles. The first-order chi connectivity index (χ1) is 14.3. The van der Waals surface area contributed by atoms with Crippen molar-refractivity contribution in [2.75, 3.05) is 23.7 Å². The van der Waals surface area contributed by atoms with Crippen LogP contribution in [0.5, 0.6) is 0 Å². The number of nitriles is 1. The molecule has 3 aromatic rings. The summed E-state index contributed by atoms with van der Waals surface area (Å²) in [5.74, 6) is 0.932. The molecular formula is C22H22N6O. The second-order valence-corrected chi connectivity index (χ2v) is 6.36. The van der Waals surface area contributed by atoms with Crippen LogP contribution in [0.2, 0.25) is 0 Å². The molecule has 1 unspecified atom stereocenters. The van der Waals surface area contributed by atoms with Crippen molar-refractivity contribution < 1.29 is 4.79 Å². The largest absolute Gasteiger partial charge is 0.354 e. The molecule has 1 aliphatic heterocycles. The first kappa shape index (κ1) is 20.0. The van der Waals surface area contributed by atoms with Crippen molar-refractivity contribution in [3.8, 4) is 6.07 Å². The summed E-state index contributed by atoms with van der Waals surface area (Å²) in [6, 6.07) is 21.2. The van der Waals surface area contributed by atoms with Crippen molar-refractivity contribution in [3.63, 3.8) is 0 Å². The Kier molecular flexibility index (Phi) is 7.27. The van der Waals surface area contributed by atoms with Crippen molar-refractivity contribution in [2.45, 2.75) is 12.5 Å². The lowest BCUT2D eigenvalue weighted by atomic mass is 10.1. The van der Waals surface area contributed by atoms with Gasteiger partial charge in [-0.25, -0.2) is 9.97 Å². The van der Waals surface area contributed by atoms with Crippen LogP contribution < -0.4 is 16.0 Å². The van der Waals surface area contributed by atoms with E-state index in [1.807, 2.05) is 48.5 Å². The van der Waals surface area contributed by atoms with Gasteiger partial charge in [0.25, 0.3) is 0 Å². The van der Waals surface area contributed by atoms with Gasteiger partial charge in [-0.3, -0.25) is 4.79 Å². The SMILES string of the molecule is N#Cc1ccc(CCNCC2Nc3nccnc3NC2=O)cc1.c1ccccc1. The van der Waals surface area contributed by atoms with Gasteiger partial charge in [0.2, 0.25) is 5.91 Å². The van der Waals surface area contributed by atoms with E-state index in [9.17, 15) is 4.79 Å². The quantitative estimate of drug-likeness (QED) is 0.583. The summed E-state index contributed by atoms with van der Waals surface area (Å²) in [7, 11) is 0. The van der Waals surface area contributed by atoms with E-state index in [2.05, 4.69) is 32.0 Å². The number of carbonyl (C=O) groups excluding carboxylic acids is 1. The van der Waals surface area contributed by atoms with Gasteiger partial charge in [-0.1, -0.05) is 48.5 Å². The Balaban J connectivity index is 0.000000343. The second kappa shape index (κ2) is 10.5. The molecule has 4 rings (SSSR count). The minimum absolute atomic E-state index is 0.121. The highest BCUT2D eigenvalue weighted by molar-refractivity contribution is 6.01. The Morgan fingerprint density at radius 3 is 2.21 bits per heavy atom. The predicted molar refractivity (Wildman–Crippen MR) is 112 cm³/mol. The highest BCUT2D eigenvalue weighted by Crippen LogP contribution is 2.20. The number of fused-ring (bicyclic) bond motifs is 1. The maximum atomic E-state index is 12.0. The fraction of sp³-hybridized carbons (Fsp3) is 0.182. The number of hydrogen-bond acceptors (Lipinski definition) is 6. The Labute approximate surface area is 169 Å². The molecule has 0 saturated heterocycles.